The van der Waals surface area contributed by atoms with Crippen LogP contribution in [0.15, 0.2) is 0 Å². The smallest absolute Gasteiger partial charge is 0.409 e. The lowest BCUT2D eigenvalue weighted by Crippen LogP contribution is -2.51. The number of carbonyl (C=O) groups excluding carboxylic acids is 1. The molecule has 1 aliphatic heterocycles. The average Bonchev–Trinajstić information content (AvgIpc) is 2.26. The summed E-state index contributed by atoms with van der Waals surface area (Å²) < 4.78 is 28.9. The van der Waals surface area contributed by atoms with Crippen LogP contribution in [0, 0.1) is 0 Å². The number of hydrogen-bond donors (Lipinski definition) is 0. The monoisotopic (exact) mass is 265 g/mol. The highest BCUT2D eigenvalue weighted by atomic mass is 32.2. The Labute approximate surface area is 103 Å². The molecule has 0 unspecified atom stereocenters. The van der Waals surface area contributed by atoms with Crippen LogP contribution in [0.1, 0.15) is 12.8 Å². The number of nitrogens with zero attached hydrogens (tertiary/aromatic N) is 2. The van der Waals surface area contributed by atoms with Crippen LogP contribution < -0.4 is 0 Å². The third-order valence-electron chi connectivity index (χ3n) is 3.06. The highest BCUT2D eigenvalue weighted by molar-refractivity contribution is 7.86. The zero-order chi connectivity index (χ0) is 13.3. The van der Waals surface area contributed by atoms with Crippen LogP contribution >= 0.6 is 0 Å². The molecule has 0 bridgehead atoms. The van der Waals surface area contributed by atoms with Gasteiger partial charge in [0, 0.05) is 13.1 Å². The van der Waals surface area contributed by atoms with Crippen LogP contribution in [-0.2, 0) is 14.8 Å². The van der Waals surface area contributed by atoms with E-state index in [2.05, 4.69) is 4.74 Å². The number of sulfonamides is 1. The Morgan fingerprint density at radius 2 is 1.71 bits per heavy atom. The summed E-state index contributed by atoms with van der Waals surface area (Å²) in [7, 11) is 3.10. The number of hydrogen-bond acceptors (Lipinski definition) is 4. The molecule has 1 heterocycles. The number of likely N-dealkylation sites (tertiary alicyclic amines) is 1. The summed E-state index contributed by atoms with van der Waals surface area (Å²) in [6, 6.07) is 0. The van der Waals surface area contributed by atoms with E-state index in [0.717, 1.165) is 0 Å². The zero-order valence-corrected chi connectivity index (χ0v) is 11.7. The van der Waals surface area contributed by atoms with Crippen molar-refractivity contribution in [3.63, 3.8) is 0 Å². The summed E-state index contributed by atoms with van der Waals surface area (Å²) in [6.45, 7) is 0.882. The third kappa shape index (κ3) is 2.90. The molecule has 0 atom stereocenters. The fraction of sp³-hybridized carbons (Fsp3) is 0.900. The topological polar surface area (TPSA) is 63.7 Å². The molecule has 1 rings (SSSR count). The van der Waals surface area contributed by atoms with Gasteiger partial charge in [-0.2, -0.15) is 8.42 Å². The van der Waals surface area contributed by atoms with E-state index in [9.17, 15) is 13.2 Å². The molecule has 0 spiro atoms. The van der Waals surface area contributed by atoms with E-state index in [4.69, 9.17) is 0 Å². The molecular formula is C10H21N2O4S+. The molecule has 0 N–H and O–H groups in total. The summed E-state index contributed by atoms with van der Waals surface area (Å²) in [5, 5.41) is -0.372. The second-order valence-electron chi connectivity index (χ2n) is 5.06. The van der Waals surface area contributed by atoms with Gasteiger partial charge in [-0.15, -0.1) is 0 Å². The molecule has 1 fully saturated rings. The van der Waals surface area contributed by atoms with Crippen molar-refractivity contribution in [2.75, 3.05) is 41.3 Å². The van der Waals surface area contributed by atoms with Gasteiger partial charge in [0.25, 0.3) is 10.0 Å². The van der Waals surface area contributed by atoms with Crippen molar-refractivity contribution >= 4 is 16.1 Å². The Bertz CT molecular complexity index is 378. The highest BCUT2D eigenvalue weighted by Gasteiger charge is 2.40. The molecule has 6 nitrogen and oxygen atoms in total. The Hall–Kier alpha value is -0.820. The summed E-state index contributed by atoms with van der Waals surface area (Å²) in [5.41, 5.74) is 0. The molecule has 17 heavy (non-hydrogen) atoms. The first-order valence-corrected chi connectivity index (χ1v) is 7.09. The summed E-state index contributed by atoms with van der Waals surface area (Å²) >= 11 is 0. The number of rotatable bonds is 2. The van der Waals surface area contributed by atoms with Crippen LogP contribution in [0.2, 0.25) is 0 Å². The molecule has 0 saturated carbocycles. The SMILES string of the molecule is COC(=O)N1CCC(S(=O)(=O)[N+](C)(C)C)CC1. The van der Waals surface area contributed by atoms with E-state index in [-0.39, 0.29) is 15.2 Å². The van der Waals surface area contributed by atoms with Crippen molar-refractivity contribution < 1.29 is 21.8 Å². The van der Waals surface area contributed by atoms with E-state index in [0.29, 0.717) is 25.9 Å². The van der Waals surface area contributed by atoms with Gasteiger partial charge in [-0.3, -0.25) is 0 Å². The van der Waals surface area contributed by atoms with Crippen LogP contribution in [0.4, 0.5) is 4.79 Å². The number of ether oxygens (including phenoxy) is 1. The fourth-order valence-corrected chi connectivity index (χ4v) is 3.61. The Morgan fingerprint density at radius 3 is 2.06 bits per heavy atom. The maximum Gasteiger partial charge on any atom is 0.409 e. The Balaban J connectivity index is 2.68. The summed E-state index contributed by atoms with van der Waals surface area (Å²) in [5.74, 6) is 0. The normalized spacial score (nSPS) is 19.2. The van der Waals surface area contributed by atoms with Crippen molar-refractivity contribution in [1.82, 2.24) is 4.90 Å². The first-order chi connectivity index (χ1) is 7.70. The van der Waals surface area contributed by atoms with Gasteiger partial charge in [0.15, 0.2) is 0 Å². The molecule has 0 aromatic carbocycles. The molecule has 7 heteroatoms. The van der Waals surface area contributed by atoms with Crippen molar-refractivity contribution in [3.05, 3.63) is 0 Å². The lowest BCUT2D eigenvalue weighted by Gasteiger charge is -2.34. The van der Waals surface area contributed by atoms with Crippen molar-refractivity contribution in [3.8, 4) is 0 Å². The number of carbonyl (C=O) groups is 1. The summed E-state index contributed by atoms with van der Waals surface area (Å²) in [4.78, 5) is 12.8. The maximum atomic E-state index is 12.2. The van der Waals surface area contributed by atoms with Crippen molar-refractivity contribution in [2.24, 2.45) is 0 Å². The van der Waals surface area contributed by atoms with Gasteiger partial charge in [0.1, 0.15) is 5.25 Å². The van der Waals surface area contributed by atoms with Gasteiger partial charge in [0.05, 0.1) is 28.3 Å². The molecule has 1 saturated heterocycles. The van der Waals surface area contributed by atoms with Crippen LogP contribution in [0.25, 0.3) is 0 Å². The van der Waals surface area contributed by atoms with Crippen LogP contribution in [0.5, 0.6) is 0 Å². The van der Waals surface area contributed by atoms with Gasteiger partial charge in [0.2, 0.25) is 0 Å². The average molecular weight is 265 g/mol. The maximum absolute atomic E-state index is 12.2. The predicted octanol–water partition coefficient (Wildman–Crippen LogP) is 0.253. The lowest BCUT2D eigenvalue weighted by molar-refractivity contribution is -0.739. The van der Waals surface area contributed by atoms with Crippen LogP contribution in [-0.4, -0.2) is 69.9 Å². The molecule has 1 aliphatic rings. The molecule has 100 valence electrons. The number of amides is 1. The number of methoxy groups -OCH3 is 1. The van der Waals surface area contributed by atoms with E-state index < -0.39 is 10.0 Å². The fourth-order valence-electron chi connectivity index (χ4n) is 1.91. The summed E-state index contributed by atoms with van der Waals surface area (Å²) in [6.07, 6.45) is 0.575. The quantitative estimate of drug-likeness (QED) is 0.672. The standard InChI is InChI=1S/C10H21N2O4S/c1-12(2,3)17(14,15)9-5-7-11(8-6-9)10(13)16-4/h9H,5-8H2,1-4H3/q+1. The van der Waals surface area contributed by atoms with E-state index in [1.54, 1.807) is 26.0 Å². The van der Waals surface area contributed by atoms with Gasteiger partial charge >= 0.3 is 6.09 Å². The Kier molecular flexibility index (Phi) is 4.03. The highest BCUT2D eigenvalue weighted by Crippen LogP contribution is 2.22. The van der Waals surface area contributed by atoms with E-state index in [1.165, 1.54) is 7.11 Å². The molecule has 1 amide bonds. The van der Waals surface area contributed by atoms with Gasteiger partial charge in [-0.05, 0) is 12.8 Å². The van der Waals surface area contributed by atoms with Crippen LogP contribution in [0.3, 0.4) is 0 Å². The minimum Gasteiger partial charge on any atom is -0.453 e. The second-order valence-corrected chi connectivity index (χ2v) is 7.85. The molecular weight excluding hydrogens is 244 g/mol. The van der Waals surface area contributed by atoms with Crippen molar-refractivity contribution in [1.29, 1.82) is 0 Å². The first kappa shape index (κ1) is 14.2. The molecule has 0 aromatic heterocycles. The van der Waals surface area contributed by atoms with Crippen molar-refractivity contribution in [2.45, 2.75) is 18.1 Å². The third-order valence-corrected chi connectivity index (χ3v) is 5.90. The second kappa shape index (κ2) is 4.81. The number of quaternary nitrogens is 1. The minimum absolute atomic E-state index is 0.0735. The van der Waals surface area contributed by atoms with Gasteiger partial charge < -0.3 is 9.64 Å². The largest absolute Gasteiger partial charge is 0.453 e. The molecule has 0 aliphatic carbocycles. The van der Waals surface area contributed by atoms with E-state index >= 15 is 0 Å². The van der Waals surface area contributed by atoms with Gasteiger partial charge in [-0.25, -0.2) is 8.68 Å². The van der Waals surface area contributed by atoms with Gasteiger partial charge in [-0.1, -0.05) is 0 Å². The number of piperidine rings is 1. The molecule has 0 radical (unpaired) electrons. The Morgan fingerprint density at radius 1 is 1.24 bits per heavy atom. The first-order valence-electron chi connectivity index (χ1n) is 5.58. The predicted molar refractivity (Wildman–Crippen MR) is 64.0 cm³/mol. The lowest BCUT2D eigenvalue weighted by atomic mass is 10.1. The zero-order valence-electron chi connectivity index (χ0n) is 10.8. The van der Waals surface area contributed by atoms with E-state index in [1.807, 2.05) is 0 Å². The molecule has 0 aromatic rings. The minimum atomic E-state index is -3.20.